The standard InChI is InChI=1S/C12H12S2/c1-10-11(7-8-13-10)9-14-12-5-3-2-4-6-12/h2-8H,9H2,1H3. The minimum Gasteiger partial charge on any atom is -0.149 e. The molecule has 1 aromatic carbocycles. The van der Waals surface area contributed by atoms with Crippen LogP contribution in [0.3, 0.4) is 0 Å². The molecule has 0 saturated carbocycles. The highest BCUT2D eigenvalue weighted by molar-refractivity contribution is 7.98. The Kier molecular flexibility index (Phi) is 3.27. The topological polar surface area (TPSA) is 0 Å². The molecule has 0 aliphatic carbocycles. The van der Waals surface area contributed by atoms with Crippen LogP contribution < -0.4 is 0 Å². The molecule has 14 heavy (non-hydrogen) atoms. The zero-order valence-electron chi connectivity index (χ0n) is 8.07. The number of benzene rings is 1. The molecule has 1 aromatic heterocycles. The van der Waals surface area contributed by atoms with E-state index in [1.165, 1.54) is 15.3 Å². The fourth-order valence-corrected chi connectivity index (χ4v) is 3.04. The highest BCUT2D eigenvalue weighted by Gasteiger charge is 1.99. The average molecular weight is 220 g/mol. The molecule has 0 nitrogen and oxygen atoms in total. The summed E-state index contributed by atoms with van der Waals surface area (Å²) in [5.74, 6) is 1.08. The predicted octanol–water partition coefficient (Wildman–Crippen LogP) is 4.35. The maximum Gasteiger partial charge on any atom is 0.0242 e. The van der Waals surface area contributed by atoms with Gasteiger partial charge in [0.2, 0.25) is 0 Å². The first-order valence-electron chi connectivity index (χ1n) is 4.57. The average Bonchev–Trinajstić information content (AvgIpc) is 2.63. The van der Waals surface area contributed by atoms with Gasteiger partial charge in [0.15, 0.2) is 0 Å². The Morgan fingerprint density at radius 3 is 2.57 bits per heavy atom. The maximum absolute atomic E-state index is 2.22. The van der Waals surface area contributed by atoms with Crippen LogP contribution in [0.4, 0.5) is 0 Å². The third-order valence-electron chi connectivity index (χ3n) is 2.10. The van der Waals surface area contributed by atoms with Gasteiger partial charge in [-0.2, -0.15) is 0 Å². The van der Waals surface area contributed by atoms with Crippen LogP contribution in [0.25, 0.3) is 0 Å². The van der Waals surface area contributed by atoms with Crippen LogP contribution in [-0.2, 0) is 5.75 Å². The molecule has 0 N–H and O–H groups in total. The van der Waals surface area contributed by atoms with Crippen LogP contribution in [-0.4, -0.2) is 0 Å². The van der Waals surface area contributed by atoms with Gasteiger partial charge in [0.25, 0.3) is 0 Å². The monoisotopic (exact) mass is 220 g/mol. The normalized spacial score (nSPS) is 10.4. The summed E-state index contributed by atoms with van der Waals surface area (Å²) in [5, 5.41) is 2.16. The van der Waals surface area contributed by atoms with Crippen molar-refractivity contribution in [1.29, 1.82) is 0 Å². The molecule has 72 valence electrons. The van der Waals surface area contributed by atoms with Crippen molar-refractivity contribution in [3.8, 4) is 0 Å². The van der Waals surface area contributed by atoms with Gasteiger partial charge in [-0.3, -0.25) is 0 Å². The summed E-state index contributed by atoms with van der Waals surface area (Å²) >= 11 is 3.73. The zero-order chi connectivity index (χ0) is 9.80. The van der Waals surface area contributed by atoms with Crippen molar-refractivity contribution in [2.45, 2.75) is 17.6 Å². The highest BCUT2D eigenvalue weighted by Crippen LogP contribution is 2.25. The molecule has 0 aliphatic rings. The second-order valence-corrected chi connectivity index (χ2v) is 5.27. The fourth-order valence-electron chi connectivity index (χ4n) is 1.24. The number of hydrogen-bond donors (Lipinski definition) is 0. The Morgan fingerprint density at radius 1 is 1.14 bits per heavy atom. The summed E-state index contributed by atoms with van der Waals surface area (Å²) in [5.41, 5.74) is 1.46. The van der Waals surface area contributed by atoms with Crippen molar-refractivity contribution in [3.63, 3.8) is 0 Å². The van der Waals surface area contributed by atoms with Crippen LogP contribution in [0.15, 0.2) is 46.7 Å². The van der Waals surface area contributed by atoms with Gasteiger partial charge in [0.05, 0.1) is 0 Å². The first kappa shape index (κ1) is 9.81. The lowest BCUT2D eigenvalue weighted by atomic mass is 10.3. The van der Waals surface area contributed by atoms with E-state index >= 15 is 0 Å². The first-order valence-corrected chi connectivity index (χ1v) is 6.43. The van der Waals surface area contributed by atoms with E-state index in [0.29, 0.717) is 0 Å². The van der Waals surface area contributed by atoms with E-state index in [9.17, 15) is 0 Å². The molecular formula is C12H12S2. The Labute approximate surface area is 93.0 Å². The molecule has 0 radical (unpaired) electrons. The molecule has 0 amide bonds. The lowest BCUT2D eigenvalue weighted by molar-refractivity contribution is 1.37. The van der Waals surface area contributed by atoms with E-state index in [1.54, 1.807) is 0 Å². The molecule has 2 heteroatoms. The summed E-state index contributed by atoms with van der Waals surface area (Å²) in [7, 11) is 0. The molecule has 0 aliphatic heterocycles. The second-order valence-electron chi connectivity index (χ2n) is 3.10. The van der Waals surface area contributed by atoms with Gasteiger partial charge in [-0.1, -0.05) is 18.2 Å². The van der Waals surface area contributed by atoms with Crippen LogP contribution in [0.5, 0.6) is 0 Å². The summed E-state index contributed by atoms with van der Waals surface area (Å²) in [6.07, 6.45) is 0. The Hall–Kier alpha value is -0.730. The van der Waals surface area contributed by atoms with Crippen molar-refractivity contribution in [2.75, 3.05) is 0 Å². The van der Waals surface area contributed by atoms with Gasteiger partial charge >= 0.3 is 0 Å². The quantitative estimate of drug-likeness (QED) is 0.693. The second kappa shape index (κ2) is 4.67. The van der Waals surface area contributed by atoms with Gasteiger partial charge in [0, 0.05) is 15.5 Å². The Bertz CT molecular complexity index is 390. The molecule has 0 saturated heterocycles. The van der Waals surface area contributed by atoms with Crippen molar-refractivity contribution in [3.05, 3.63) is 52.2 Å². The SMILES string of the molecule is Cc1sccc1CSc1ccccc1. The number of aryl methyl sites for hydroxylation is 1. The van der Waals surface area contributed by atoms with Crippen LogP contribution in [0.2, 0.25) is 0 Å². The summed E-state index contributed by atoms with van der Waals surface area (Å²) in [4.78, 5) is 2.78. The number of thioether (sulfide) groups is 1. The maximum atomic E-state index is 2.22. The van der Waals surface area contributed by atoms with E-state index < -0.39 is 0 Å². The molecule has 1 heterocycles. The van der Waals surface area contributed by atoms with E-state index in [0.717, 1.165) is 5.75 Å². The molecule has 0 bridgehead atoms. The summed E-state index contributed by atoms with van der Waals surface area (Å²) < 4.78 is 0. The van der Waals surface area contributed by atoms with Gasteiger partial charge < -0.3 is 0 Å². The predicted molar refractivity (Wildman–Crippen MR) is 65.1 cm³/mol. The van der Waals surface area contributed by atoms with E-state index in [4.69, 9.17) is 0 Å². The number of hydrogen-bond acceptors (Lipinski definition) is 2. The lowest BCUT2D eigenvalue weighted by Gasteiger charge is -2.00. The summed E-state index contributed by atoms with van der Waals surface area (Å²) in [6.45, 7) is 2.19. The zero-order valence-corrected chi connectivity index (χ0v) is 9.70. The van der Waals surface area contributed by atoms with Gasteiger partial charge in [-0.25, -0.2) is 0 Å². The third-order valence-corrected chi connectivity index (χ3v) is 4.05. The minimum absolute atomic E-state index is 1.08. The molecule has 0 unspecified atom stereocenters. The van der Waals surface area contributed by atoms with Crippen molar-refractivity contribution >= 4 is 23.1 Å². The Morgan fingerprint density at radius 2 is 1.93 bits per heavy atom. The van der Waals surface area contributed by atoms with Crippen molar-refractivity contribution in [2.24, 2.45) is 0 Å². The van der Waals surface area contributed by atoms with Crippen LogP contribution in [0, 0.1) is 6.92 Å². The third kappa shape index (κ3) is 2.40. The molecule has 2 aromatic rings. The van der Waals surface area contributed by atoms with E-state index in [1.807, 2.05) is 23.1 Å². The highest BCUT2D eigenvalue weighted by atomic mass is 32.2. The minimum atomic E-state index is 1.08. The number of thiophene rings is 1. The number of rotatable bonds is 3. The summed E-state index contributed by atoms with van der Waals surface area (Å²) in [6, 6.07) is 12.8. The molecule has 0 fully saturated rings. The molecule has 0 atom stereocenters. The smallest absolute Gasteiger partial charge is 0.0242 e. The largest absolute Gasteiger partial charge is 0.149 e. The Balaban J connectivity index is 1.99. The van der Waals surface area contributed by atoms with Crippen LogP contribution in [0.1, 0.15) is 10.4 Å². The molecule has 0 spiro atoms. The van der Waals surface area contributed by atoms with Gasteiger partial charge in [-0.05, 0) is 36.1 Å². The van der Waals surface area contributed by atoms with Crippen LogP contribution >= 0.6 is 23.1 Å². The van der Waals surface area contributed by atoms with E-state index in [-0.39, 0.29) is 0 Å². The van der Waals surface area contributed by atoms with E-state index in [2.05, 4.69) is 48.7 Å². The molecule has 2 rings (SSSR count). The first-order chi connectivity index (χ1) is 6.86. The molecular weight excluding hydrogens is 208 g/mol. The van der Waals surface area contributed by atoms with Gasteiger partial charge in [-0.15, -0.1) is 23.1 Å². The fraction of sp³-hybridized carbons (Fsp3) is 0.167. The van der Waals surface area contributed by atoms with Crippen molar-refractivity contribution in [1.82, 2.24) is 0 Å². The van der Waals surface area contributed by atoms with Crippen molar-refractivity contribution < 1.29 is 0 Å². The lowest BCUT2D eigenvalue weighted by Crippen LogP contribution is -1.78. The van der Waals surface area contributed by atoms with Gasteiger partial charge in [0.1, 0.15) is 0 Å².